The largest absolute Gasteiger partial charge is 0.398 e. The molecule has 32 heavy (non-hydrogen) atoms. The first-order valence-corrected chi connectivity index (χ1v) is 11.1. The SMILES string of the molecule is Nc1cc(CCOCCOCCc2cc(N)c3ccc(Cl)cc3n2)nc2cc(Cl)ccc12. The average Bonchev–Trinajstić information content (AvgIpc) is 2.75. The van der Waals surface area contributed by atoms with Crippen molar-refractivity contribution < 1.29 is 9.47 Å². The lowest BCUT2D eigenvalue weighted by Crippen LogP contribution is -2.10. The van der Waals surface area contributed by atoms with E-state index in [0.29, 0.717) is 60.7 Å². The lowest BCUT2D eigenvalue weighted by molar-refractivity contribution is 0.0497. The molecule has 0 aliphatic rings. The lowest BCUT2D eigenvalue weighted by atomic mass is 10.1. The van der Waals surface area contributed by atoms with Gasteiger partial charge in [0.25, 0.3) is 0 Å². The van der Waals surface area contributed by atoms with Crippen LogP contribution in [0.5, 0.6) is 0 Å². The van der Waals surface area contributed by atoms with E-state index in [1.807, 2.05) is 48.5 Å². The van der Waals surface area contributed by atoms with Crippen molar-refractivity contribution in [3.8, 4) is 0 Å². The van der Waals surface area contributed by atoms with Gasteiger partial charge in [0.1, 0.15) is 0 Å². The fourth-order valence-electron chi connectivity index (χ4n) is 3.50. The second-order valence-electron chi connectivity index (χ2n) is 7.45. The summed E-state index contributed by atoms with van der Waals surface area (Å²) >= 11 is 12.1. The molecular formula is C24H24Cl2N4O2. The van der Waals surface area contributed by atoms with Gasteiger partial charge in [0.2, 0.25) is 0 Å². The van der Waals surface area contributed by atoms with Gasteiger partial charge in [-0.1, -0.05) is 23.2 Å². The number of fused-ring (bicyclic) bond motifs is 2. The molecule has 2 aromatic carbocycles. The molecule has 2 heterocycles. The smallest absolute Gasteiger partial charge is 0.0740 e. The van der Waals surface area contributed by atoms with Gasteiger partial charge in [0.15, 0.2) is 0 Å². The average molecular weight is 471 g/mol. The number of rotatable bonds is 9. The third-order valence-corrected chi connectivity index (χ3v) is 5.56. The number of ether oxygens (including phenoxy) is 2. The van der Waals surface area contributed by atoms with Crippen LogP contribution in [0.25, 0.3) is 21.8 Å². The molecule has 2 aromatic heterocycles. The van der Waals surface area contributed by atoms with Gasteiger partial charge in [0.05, 0.1) is 37.5 Å². The summed E-state index contributed by atoms with van der Waals surface area (Å²) < 4.78 is 11.3. The van der Waals surface area contributed by atoms with Crippen LogP contribution in [0, 0.1) is 0 Å². The minimum absolute atomic E-state index is 0.498. The van der Waals surface area contributed by atoms with Gasteiger partial charge in [-0.25, -0.2) is 0 Å². The van der Waals surface area contributed by atoms with E-state index in [-0.39, 0.29) is 0 Å². The first kappa shape index (κ1) is 22.6. The Balaban J connectivity index is 1.18. The van der Waals surface area contributed by atoms with Crippen LogP contribution >= 0.6 is 23.2 Å². The third kappa shape index (κ3) is 5.58. The van der Waals surface area contributed by atoms with Crippen molar-refractivity contribution in [3.05, 3.63) is 70.0 Å². The number of nitrogens with zero attached hydrogens (tertiary/aromatic N) is 2. The molecule has 0 saturated heterocycles. The van der Waals surface area contributed by atoms with E-state index in [0.717, 1.165) is 33.2 Å². The standard InChI is InChI=1S/C24H24Cl2N4O2/c25-15-1-3-19-21(27)13-17(29-23(19)11-15)5-7-31-9-10-32-8-6-18-14-22(28)20-4-2-16(26)12-24(20)30-18/h1-4,11-14H,5-10H2,(H2,27,29)(H2,28,30). The monoisotopic (exact) mass is 470 g/mol. The van der Waals surface area contributed by atoms with Gasteiger partial charge in [-0.3, -0.25) is 9.97 Å². The minimum Gasteiger partial charge on any atom is -0.398 e. The summed E-state index contributed by atoms with van der Waals surface area (Å²) in [4.78, 5) is 9.22. The topological polar surface area (TPSA) is 96.3 Å². The van der Waals surface area contributed by atoms with Crippen LogP contribution in [0.15, 0.2) is 48.5 Å². The van der Waals surface area contributed by atoms with Gasteiger partial charge in [-0.05, 0) is 48.5 Å². The zero-order valence-electron chi connectivity index (χ0n) is 17.5. The Kier molecular flexibility index (Phi) is 7.27. The maximum absolute atomic E-state index is 6.12. The molecule has 166 valence electrons. The summed E-state index contributed by atoms with van der Waals surface area (Å²) in [6.07, 6.45) is 1.32. The van der Waals surface area contributed by atoms with Crippen LogP contribution in [-0.2, 0) is 22.3 Å². The number of hydrogen-bond acceptors (Lipinski definition) is 6. The summed E-state index contributed by atoms with van der Waals surface area (Å²) in [7, 11) is 0. The third-order valence-electron chi connectivity index (χ3n) is 5.09. The highest BCUT2D eigenvalue weighted by Gasteiger charge is 2.06. The molecule has 8 heteroatoms. The molecule has 0 saturated carbocycles. The van der Waals surface area contributed by atoms with Crippen molar-refractivity contribution in [2.75, 3.05) is 37.9 Å². The predicted octanol–water partition coefficient (Wildman–Crippen LogP) is 5.07. The molecule has 4 N–H and O–H groups in total. The molecule has 6 nitrogen and oxygen atoms in total. The molecule has 0 aliphatic heterocycles. The molecule has 0 bridgehead atoms. The molecule has 0 radical (unpaired) electrons. The Bertz CT molecular complexity index is 1150. The number of aromatic nitrogens is 2. The highest BCUT2D eigenvalue weighted by atomic mass is 35.5. The minimum atomic E-state index is 0.498. The number of nitrogens with two attached hydrogens (primary N) is 2. The van der Waals surface area contributed by atoms with Crippen molar-refractivity contribution in [3.63, 3.8) is 0 Å². The van der Waals surface area contributed by atoms with E-state index in [2.05, 4.69) is 9.97 Å². The maximum Gasteiger partial charge on any atom is 0.0740 e. The number of hydrogen-bond donors (Lipinski definition) is 2. The van der Waals surface area contributed by atoms with Crippen molar-refractivity contribution >= 4 is 56.4 Å². The van der Waals surface area contributed by atoms with Crippen LogP contribution in [0.2, 0.25) is 10.0 Å². The van der Waals surface area contributed by atoms with Gasteiger partial charge in [-0.2, -0.15) is 0 Å². The van der Waals surface area contributed by atoms with E-state index in [1.165, 1.54) is 0 Å². The predicted molar refractivity (Wildman–Crippen MR) is 131 cm³/mol. The molecule has 0 amide bonds. The first-order chi connectivity index (χ1) is 15.5. The van der Waals surface area contributed by atoms with Crippen LogP contribution in [-0.4, -0.2) is 36.4 Å². The molecule has 0 aliphatic carbocycles. The summed E-state index contributed by atoms with van der Waals surface area (Å²) in [6.45, 7) is 2.06. The zero-order chi connectivity index (χ0) is 22.5. The number of halogens is 2. The summed E-state index contributed by atoms with van der Waals surface area (Å²) in [5.41, 5.74) is 17.0. The molecule has 0 unspecified atom stereocenters. The summed E-state index contributed by atoms with van der Waals surface area (Å²) in [5.74, 6) is 0. The Labute approximate surface area is 196 Å². The van der Waals surface area contributed by atoms with E-state index < -0.39 is 0 Å². The van der Waals surface area contributed by atoms with Crippen molar-refractivity contribution in [2.24, 2.45) is 0 Å². The molecule has 4 aromatic rings. The van der Waals surface area contributed by atoms with Gasteiger partial charge in [0, 0.05) is 56.4 Å². The van der Waals surface area contributed by atoms with E-state index in [1.54, 1.807) is 0 Å². The fraction of sp³-hybridized carbons (Fsp3) is 0.250. The normalized spacial score (nSPS) is 11.4. The summed E-state index contributed by atoms with van der Waals surface area (Å²) in [6, 6.07) is 14.8. The van der Waals surface area contributed by atoms with Crippen LogP contribution in [0.1, 0.15) is 11.4 Å². The van der Waals surface area contributed by atoms with E-state index in [9.17, 15) is 0 Å². The Morgan fingerprint density at radius 3 is 1.50 bits per heavy atom. The van der Waals surface area contributed by atoms with E-state index >= 15 is 0 Å². The maximum atomic E-state index is 6.12. The quantitative estimate of drug-likeness (QED) is 0.331. The molecule has 0 fully saturated rings. The van der Waals surface area contributed by atoms with Gasteiger partial charge in [-0.15, -0.1) is 0 Å². The molecule has 0 spiro atoms. The van der Waals surface area contributed by atoms with Crippen molar-refractivity contribution in [1.29, 1.82) is 0 Å². The zero-order valence-corrected chi connectivity index (χ0v) is 19.0. The molecular weight excluding hydrogens is 447 g/mol. The van der Waals surface area contributed by atoms with Gasteiger partial charge < -0.3 is 20.9 Å². The van der Waals surface area contributed by atoms with E-state index in [4.69, 9.17) is 44.1 Å². The number of benzene rings is 2. The Hall–Kier alpha value is -2.64. The van der Waals surface area contributed by atoms with Gasteiger partial charge >= 0.3 is 0 Å². The Morgan fingerprint density at radius 2 is 1.06 bits per heavy atom. The number of pyridine rings is 2. The molecule has 0 atom stereocenters. The second kappa shape index (κ2) is 10.3. The summed E-state index contributed by atoms with van der Waals surface area (Å²) in [5, 5.41) is 3.08. The highest BCUT2D eigenvalue weighted by Crippen LogP contribution is 2.25. The van der Waals surface area contributed by atoms with Crippen molar-refractivity contribution in [1.82, 2.24) is 9.97 Å². The highest BCUT2D eigenvalue weighted by molar-refractivity contribution is 6.31. The van der Waals surface area contributed by atoms with Crippen molar-refractivity contribution in [2.45, 2.75) is 12.8 Å². The number of anilines is 2. The first-order valence-electron chi connectivity index (χ1n) is 10.3. The Morgan fingerprint density at radius 1 is 0.625 bits per heavy atom. The van der Waals surface area contributed by atoms with Crippen LogP contribution in [0.3, 0.4) is 0 Å². The fourth-order valence-corrected chi connectivity index (χ4v) is 3.84. The number of nitrogen functional groups attached to an aromatic ring is 2. The lowest BCUT2D eigenvalue weighted by Gasteiger charge is -2.09. The van der Waals surface area contributed by atoms with Crippen LogP contribution in [0.4, 0.5) is 11.4 Å². The molecule has 4 rings (SSSR count). The van der Waals surface area contributed by atoms with Crippen LogP contribution < -0.4 is 11.5 Å². The second-order valence-corrected chi connectivity index (χ2v) is 8.33.